The highest BCUT2D eigenvalue weighted by Crippen LogP contribution is 2.48. The largest absolute Gasteiger partial charge is 0.385 e. The van der Waals surface area contributed by atoms with Crippen molar-refractivity contribution in [3.05, 3.63) is 0 Å². The van der Waals surface area contributed by atoms with E-state index >= 15 is 0 Å². The van der Waals surface area contributed by atoms with Crippen LogP contribution in [0.5, 0.6) is 0 Å². The molecule has 0 aromatic rings. The van der Waals surface area contributed by atoms with Gasteiger partial charge in [-0.1, -0.05) is 0 Å². The fourth-order valence-electron chi connectivity index (χ4n) is 2.26. The van der Waals surface area contributed by atoms with Crippen LogP contribution in [0, 0.1) is 5.41 Å². The van der Waals surface area contributed by atoms with Gasteiger partial charge in [-0.2, -0.15) is 0 Å². The molecule has 4 heteroatoms. The Morgan fingerprint density at radius 3 is 3.00 bits per heavy atom. The second kappa shape index (κ2) is 5.96. The highest BCUT2D eigenvalue weighted by atomic mass is 16.5. The van der Waals surface area contributed by atoms with Crippen LogP contribution < -0.4 is 10.6 Å². The Bertz CT molecular complexity index is 201. The Morgan fingerprint density at radius 1 is 1.50 bits per heavy atom. The zero-order chi connectivity index (χ0) is 11.3. The van der Waals surface area contributed by atoms with E-state index in [4.69, 9.17) is 9.47 Å². The highest BCUT2D eigenvalue weighted by molar-refractivity contribution is 4.94. The molecule has 2 N–H and O–H groups in total. The number of nitrogens with one attached hydrogen (secondary N) is 2. The average Bonchev–Trinajstić information content (AvgIpc) is 3.09. The lowest BCUT2D eigenvalue weighted by Crippen LogP contribution is -2.44. The van der Waals surface area contributed by atoms with Crippen molar-refractivity contribution in [3.63, 3.8) is 0 Å². The Balaban J connectivity index is 1.56. The molecule has 2 rings (SSSR count). The molecule has 1 aliphatic heterocycles. The summed E-state index contributed by atoms with van der Waals surface area (Å²) in [6.07, 6.45) is 4.26. The van der Waals surface area contributed by atoms with Gasteiger partial charge in [-0.25, -0.2) is 0 Å². The number of rotatable bonds is 7. The molecule has 1 aliphatic carbocycles. The monoisotopic (exact) mass is 228 g/mol. The van der Waals surface area contributed by atoms with Crippen molar-refractivity contribution in [1.82, 2.24) is 10.6 Å². The average molecular weight is 228 g/mol. The third kappa shape index (κ3) is 3.70. The lowest BCUT2D eigenvalue weighted by molar-refractivity contribution is 0.0283. The first-order valence-electron chi connectivity index (χ1n) is 6.37. The molecule has 0 amide bonds. The molecule has 0 aromatic heterocycles. The second-order valence-electron chi connectivity index (χ2n) is 5.07. The van der Waals surface area contributed by atoms with E-state index in [2.05, 4.69) is 10.6 Å². The van der Waals surface area contributed by atoms with Crippen molar-refractivity contribution in [1.29, 1.82) is 0 Å². The Hall–Kier alpha value is -0.160. The summed E-state index contributed by atoms with van der Waals surface area (Å²) in [6.45, 7) is 5.81. The van der Waals surface area contributed by atoms with Crippen LogP contribution in [-0.4, -0.2) is 52.6 Å². The lowest BCUT2D eigenvalue weighted by Gasteiger charge is -2.25. The van der Waals surface area contributed by atoms with E-state index in [0.29, 0.717) is 11.5 Å². The molecular weight excluding hydrogens is 204 g/mol. The van der Waals surface area contributed by atoms with E-state index in [9.17, 15) is 0 Å². The van der Waals surface area contributed by atoms with Gasteiger partial charge in [0, 0.05) is 39.9 Å². The minimum atomic E-state index is 0.354. The van der Waals surface area contributed by atoms with Gasteiger partial charge in [0.2, 0.25) is 0 Å². The fraction of sp³-hybridized carbons (Fsp3) is 1.00. The summed E-state index contributed by atoms with van der Waals surface area (Å²) in [6, 6.07) is 0. The molecule has 94 valence electrons. The molecule has 0 bridgehead atoms. The SMILES string of the molecule is COCCC1(CNCC2CNCCO2)CC1. The maximum atomic E-state index is 5.64. The van der Waals surface area contributed by atoms with Crippen LogP contribution in [0.1, 0.15) is 19.3 Å². The molecule has 1 heterocycles. The summed E-state index contributed by atoms with van der Waals surface area (Å²) in [4.78, 5) is 0. The molecule has 0 spiro atoms. The first kappa shape index (κ1) is 12.3. The molecule has 1 saturated carbocycles. The normalized spacial score (nSPS) is 27.9. The van der Waals surface area contributed by atoms with Gasteiger partial charge in [-0.3, -0.25) is 0 Å². The van der Waals surface area contributed by atoms with Gasteiger partial charge in [-0.05, 0) is 24.7 Å². The van der Waals surface area contributed by atoms with Crippen LogP contribution >= 0.6 is 0 Å². The van der Waals surface area contributed by atoms with Gasteiger partial charge in [-0.15, -0.1) is 0 Å². The van der Waals surface area contributed by atoms with Crippen LogP contribution in [0.2, 0.25) is 0 Å². The predicted molar refractivity (Wildman–Crippen MR) is 63.6 cm³/mol. The lowest BCUT2D eigenvalue weighted by atomic mass is 10.0. The number of morpholine rings is 1. The summed E-state index contributed by atoms with van der Waals surface area (Å²) >= 11 is 0. The number of methoxy groups -OCH3 is 1. The van der Waals surface area contributed by atoms with Crippen molar-refractivity contribution in [2.45, 2.75) is 25.4 Å². The van der Waals surface area contributed by atoms with Crippen molar-refractivity contribution in [3.8, 4) is 0 Å². The predicted octanol–water partition coefficient (Wildman–Crippen LogP) is 0.381. The topological polar surface area (TPSA) is 42.5 Å². The van der Waals surface area contributed by atoms with E-state index in [1.54, 1.807) is 7.11 Å². The number of hydrogen-bond donors (Lipinski definition) is 2. The summed E-state index contributed by atoms with van der Waals surface area (Å²) in [5, 5.41) is 6.89. The number of hydrogen-bond acceptors (Lipinski definition) is 4. The van der Waals surface area contributed by atoms with Crippen LogP contribution in [-0.2, 0) is 9.47 Å². The molecule has 0 aromatic carbocycles. The van der Waals surface area contributed by atoms with Crippen molar-refractivity contribution < 1.29 is 9.47 Å². The summed E-state index contributed by atoms with van der Waals surface area (Å²) in [5.74, 6) is 0. The summed E-state index contributed by atoms with van der Waals surface area (Å²) < 4.78 is 10.8. The molecule has 1 unspecified atom stereocenters. The van der Waals surface area contributed by atoms with E-state index in [0.717, 1.165) is 39.4 Å². The van der Waals surface area contributed by atoms with E-state index < -0.39 is 0 Å². The van der Waals surface area contributed by atoms with Crippen LogP contribution in [0.4, 0.5) is 0 Å². The van der Waals surface area contributed by atoms with Crippen LogP contribution in [0.15, 0.2) is 0 Å². The molecule has 4 nitrogen and oxygen atoms in total. The van der Waals surface area contributed by atoms with Gasteiger partial charge in [0.05, 0.1) is 12.7 Å². The second-order valence-corrected chi connectivity index (χ2v) is 5.07. The van der Waals surface area contributed by atoms with Crippen molar-refractivity contribution in [2.75, 3.05) is 46.5 Å². The Labute approximate surface area is 98.1 Å². The van der Waals surface area contributed by atoms with Crippen LogP contribution in [0.25, 0.3) is 0 Å². The smallest absolute Gasteiger partial charge is 0.0824 e. The quantitative estimate of drug-likeness (QED) is 0.661. The third-order valence-corrected chi connectivity index (χ3v) is 3.67. The molecule has 0 radical (unpaired) electrons. The summed E-state index contributed by atoms with van der Waals surface area (Å²) in [5.41, 5.74) is 0.540. The standard InChI is InChI=1S/C12H24N2O2/c1-15-6-4-12(2-3-12)10-14-9-11-8-13-5-7-16-11/h11,13-14H,2-10H2,1H3. The molecule has 2 aliphatic rings. The third-order valence-electron chi connectivity index (χ3n) is 3.67. The zero-order valence-electron chi connectivity index (χ0n) is 10.3. The van der Waals surface area contributed by atoms with Crippen molar-refractivity contribution >= 4 is 0 Å². The minimum absolute atomic E-state index is 0.354. The molecule has 1 atom stereocenters. The van der Waals surface area contributed by atoms with Crippen LogP contribution in [0.3, 0.4) is 0 Å². The maximum absolute atomic E-state index is 5.64. The van der Waals surface area contributed by atoms with Gasteiger partial charge in [0.25, 0.3) is 0 Å². The van der Waals surface area contributed by atoms with E-state index in [-0.39, 0.29) is 0 Å². The van der Waals surface area contributed by atoms with Gasteiger partial charge >= 0.3 is 0 Å². The Morgan fingerprint density at radius 2 is 2.38 bits per heavy atom. The first-order valence-corrected chi connectivity index (χ1v) is 6.37. The molecule has 2 fully saturated rings. The highest BCUT2D eigenvalue weighted by Gasteiger charge is 2.41. The van der Waals surface area contributed by atoms with Gasteiger partial charge < -0.3 is 20.1 Å². The van der Waals surface area contributed by atoms with Crippen molar-refractivity contribution in [2.24, 2.45) is 5.41 Å². The number of ether oxygens (including phenoxy) is 2. The zero-order valence-corrected chi connectivity index (χ0v) is 10.3. The molecule has 1 saturated heterocycles. The summed E-state index contributed by atoms with van der Waals surface area (Å²) in [7, 11) is 1.78. The minimum Gasteiger partial charge on any atom is -0.385 e. The van der Waals surface area contributed by atoms with E-state index in [1.807, 2.05) is 0 Å². The van der Waals surface area contributed by atoms with Gasteiger partial charge in [0.15, 0.2) is 0 Å². The fourth-order valence-corrected chi connectivity index (χ4v) is 2.26. The molecular formula is C12H24N2O2. The Kier molecular flexibility index (Phi) is 4.58. The molecule has 16 heavy (non-hydrogen) atoms. The maximum Gasteiger partial charge on any atom is 0.0824 e. The van der Waals surface area contributed by atoms with E-state index in [1.165, 1.54) is 19.3 Å². The van der Waals surface area contributed by atoms with Gasteiger partial charge in [0.1, 0.15) is 0 Å². The first-order chi connectivity index (χ1) is 7.85.